The van der Waals surface area contributed by atoms with Gasteiger partial charge in [-0.2, -0.15) is 0 Å². The third-order valence-corrected chi connectivity index (χ3v) is 16.7. The minimum atomic E-state index is -1.20. The molecular weight excluding hydrogens is 1600 g/mol. The molecule has 6 amide bonds. The SMILES string of the molecule is C.Cc1c(O)ccc(NC(=O)c2ccc(O)c(O)c2)c1F.Cc1cc(NC(=O)c2cc(O)c(O)c(F)c2)ccc1O.Cc1cc(NC(=O)c2cc(O)c(O)cc2F)ccc1O.Cc1cc(NC(=O)c2ccc(O)c(O)c2)c(F)cc1O.Cc1cc(NC(=O)c2ccc(O)c(O)c2)cc(F)c1O.Cc1cc(NC(=O)c2ccc(O)c(O)c2F)ccc1O. The molecule has 632 valence electrons. The zero-order chi connectivity index (χ0) is 89.2. The second-order valence-corrected chi connectivity index (χ2v) is 25.6. The van der Waals surface area contributed by atoms with Crippen molar-refractivity contribution in [2.45, 2.75) is 49.0 Å². The van der Waals surface area contributed by atoms with E-state index in [4.69, 9.17) is 30.6 Å². The first-order valence-electron chi connectivity index (χ1n) is 34.3. The zero-order valence-corrected chi connectivity index (χ0v) is 63.1. The Labute approximate surface area is 681 Å². The Morgan fingerprint density at radius 1 is 0.223 bits per heavy atom. The molecule has 0 aliphatic rings. The quantitative estimate of drug-likeness (QED) is 0.0307. The third kappa shape index (κ3) is 24.7. The zero-order valence-electron chi connectivity index (χ0n) is 63.1. The number of carbonyl (C=O) groups excluding carboxylic acids is 6. The molecule has 12 rings (SSSR count). The Morgan fingerprint density at radius 2 is 0.570 bits per heavy atom. The first-order valence-corrected chi connectivity index (χ1v) is 34.3. The average Bonchev–Trinajstić information content (AvgIpc) is 0.856. The van der Waals surface area contributed by atoms with E-state index in [-0.39, 0.29) is 104 Å². The lowest BCUT2D eigenvalue weighted by Gasteiger charge is -2.09. The van der Waals surface area contributed by atoms with Crippen LogP contribution in [0.15, 0.2) is 182 Å². The lowest BCUT2D eigenvalue weighted by molar-refractivity contribution is 0.101. The second kappa shape index (κ2) is 40.6. The van der Waals surface area contributed by atoms with Crippen molar-refractivity contribution in [3.8, 4) is 103 Å². The van der Waals surface area contributed by atoms with Gasteiger partial charge in [0, 0.05) is 68.8 Å². The van der Waals surface area contributed by atoms with Crippen LogP contribution < -0.4 is 31.9 Å². The van der Waals surface area contributed by atoms with Crippen LogP contribution in [0.4, 0.5) is 60.5 Å². The van der Waals surface area contributed by atoms with Gasteiger partial charge in [0.25, 0.3) is 35.4 Å². The summed E-state index contributed by atoms with van der Waals surface area (Å²) >= 11 is 0. The molecule has 30 nitrogen and oxygen atoms in total. The van der Waals surface area contributed by atoms with E-state index in [1.165, 1.54) is 111 Å². The van der Waals surface area contributed by atoms with Crippen LogP contribution in [-0.2, 0) is 0 Å². The molecule has 0 radical (unpaired) electrons. The molecule has 36 heteroatoms. The Bertz CT molecular complexity index is 5780. The molecule has 0 fully saturated rings. The number of carbonyl (C=O) groups is 6. The van der Waals surface area contributed by atoms with E-state index < -0.39 is 139 Å². The largest absolute Gasteiger partial charge is 0.508 e. The highest BCUT2D eigenvalue weighted by molar-refractivity contribution is 6.08. The molecule has 0 aliphatic heterocycles. The molecule has 121 heavy (non-hydrogen) atoms. The van der Waals surface area contributed by atoms with Gasteiger partial charge >= 0.3 is 0 Å². The number of amides is 6. The van der Waals surface area contributed by atoms with Gasteiger partial charge in [-0.05, 0) is 233 Å². The molecule has 0 atom stereocenters. The Kier molecular flexibility index (Phi) is 31.3. The summed E-state index contributed by atoms with van der Waals surface area (Å²) in [5, 5.41) is 181. The Hall–Kier alpha value is -16.6. The summed E-state index contributed by atoms with van der Waals surface area (Å²) in [5.74, 6) is -17.1. The lowest BCUT2D eigenvalue weighted by atomic mass is 10.1. The number of benzene rings is 12. The number of halogens is 6. The number of anilines is 6. The molecule has 0 bridgehead atoms. The van der Waals surface area contributed by atoms with Gasteiger partial charge in [0.1, 0.15) is 40.4 Å². The van der Waals surface area contributed by atoms with Crippen LogP contribution >= 0.6 is 0 Å². The van der Waals surface area contributed by atoms with Crippen molar-refractivity contribution in [1.82, 2.24) is 0 Å². The summed E-state index contributed by atoms with van der Waals surface area (Å²) in [5.41, 5.74) is 2.86. The van der Waals surface area contributed by atoms with E-state index >= 15 is 0 Å². The van der Waals surface area contributed by atoms with Gasteiger partial charge in [-0.25, -0.2) is 26.3 Å². The van der Waals surface area contributed by atoms with Crippen LogP contribution in [0.1, 0.15) is 103 Å². The number of phenolic OH excluding ortho intramolecular Hbond substituents is 18. The Morgan fingerprint density at radius 3 is 1.02 bits per heavy atom. The standard InChI is InChI=1S/6C14H12FNO4.CH4/c1-7-10(17)5-3-9(13(7)15)16-14(20)8-2-4-11(18)12(19)6-8;1-7-6-8(2-4-10(7)17)16-14(20)9-3-5-11(18)13(19)12(9)15;1-7-4-9(2-3-11(7)17)16-14(20)8-5-10(15)13(19)12(18)6-8;1-7-4-10(9(15)6-12(7)18)16-14(20)8-2-3-11(17)13(19)5-8;1-7-4-9(6-10(15)13(7)19)16-14(20)8-2-3-11(17)12(18)5-8;1-7-4-8(2-3-11(7)17)16-14(20)9-5-12(18)13(19)6-10(9)15;/h6*2-6,17-19H,1H3,(H,16,20);1H4. The Balaban J connectivity index is 0.000000225. The predicted molar refractivity (Wildman–Crippen MR) is 430 cm³/mol. The lowest BCUT2D eigenvalue weighted by Crippen LogP contribution is -2.13. The first kappa shape index (κ1) is 93.3. The maximum Gasteiger partial charge on any atom is 0.258 e. The van der Waals surface area contributed by atoms with E-state index in [2.05, 4.69) is 31.9 Å². The minimum Gasteiger partial charge on any atom is -0.508 e. The fourth-order valence-electron chi connectivity index (χ4n) is 9.90. The molecule has 0 aromatic heterocycles. The molecule has 12 aromatic rings. The summed E-state index contributed by atoms with van der Waals surface area (Å²) in [4.78, 5) is 71.4. The van der Waals surface area contributed by atoms with Gasteiger partial charge in [0.05, 0.1) is 22.5 Å². The number of nitrogens with one attached hydrogen (secondary N) is 6. The van der Waals surface area contributed by atoms with Crippen LogP contribution in [0, 0.1) is 76.4 Å². The van der Waals surface area contributed by atoms with Crippen molar-refractivity contribution in [2.24, 2.45) is 0 Å². The van der Waals surface area contributed by atoms with Gasteiger partial charge in [-0.1, -0.05) is 7.43 Å². The molecule has 12 aromatic carbocycles. The van der Waals surface area contributed by atoms with Crippen LogP contribution in [0.3, 0.4) is 0 Å². The normalized spacial score (nSPS) is 10.2. The van der Waals surface area contributed by atoms with E-state index in [0.717, 1.165) is 72.8 Å². The molecule has 24 N–H and O–H groups in total. The van der Waals surface area contributed by atoms with Gasteiger partial charge < -0.3 is 124 Å². The van der Waals surface area contributed by atoms with E-state index in [1.807, 2.05) is 0 Å². The van der Waals surface area contributed by atoms with Crippen molar-refractivity contribution >= 4 is 69.6 Å². The predicted octanol–water partition coefficient (Wildman–Crippen LogP) is 15.7. The van der Waals surface area contributed by atoms with E-state index in [0.29, 0.717) is 45.4 Å². The number of hydrogen-bond acceptors (Lipinski definition) is 24. The van der Waals surface area contributed by atoms with Gasteiger partial charge in [-0.3, -0.25) is 28.8 Å². The molecule has 0 saturated carbocycles. The van der Waals surface area contributed by atoms with Crippen molar-refractivity contribution in [2.75, 3.05) is 31.9 Å². The summed E-state index contributed by atoms with van der Waals surface area (Å²) in [6.07, 6.45) is 0. The highest BCUT2D eigenvalue weighted by Crippen LogP contribution is 2.36. The molecule has 0 unspecified atom stereocenters. The van der Waals surface area contributed by atoms with Crippen molar-refractivity contribution < 1.29 is 147 Å². The molecule has 0 spiro atoms. The third-order valence-electron chi connectivity index (χ3n) is 16.7. The topological polar surface area (TPSA) is 539 Å². The van der Waals surface area contributed by atoms with Gasteiger partial charge in [0.2, 0.25) is 0 Å². The second-order valence-electron chi connectivity index (χ2n) is 25.6. The molecule has 0 heterocycles. The van der Waals surface area contributed by atoms with Crippen molar-refractivity contribution in [3.63, 3.8) is 0 Å². The van der Waals surface area contributed by atoms with Crippen molar-refractivity contribution in [1.29, 1.82) is 0 Å². The van der Waals surface area contributed by atoms with Crippen LogP contribution in [-0.4, -0.2) is 127 Å². The van der Waals surface area contributed by atoms with Crippen LogP contribution in [0.25, 0.3) is 0 Å². The average molecular weight is 1680 g/mol. The maximum absolute atomic E-state index is 13.8. The fourth-order valence-corrected chi connectivity index (χ4v) is 9.90. The van der Waals surface area contributed by atoms with Gasteiger partial charge in [0.15, 0.2) is 98.0 Å². The number of aromatic hydroxyl groups is 18. The number of phenols is 18. The van der Waals surface area contributed by atoms with E-state index in [1.54, 1.807) is 33.8 Å². The first-order chi connectivity index (χ1) is 56.3. The van der Waals surface area contributed by atoms with Crippen LogP contribution in [0.2, 0.25) is 0 Å². The van der Waals surface area contributed by atoms with Crippen LogP contribution in [0.5, 0.6) is 103 Å². The van der Waals surface area contributed by atoms with Crippen molar-refractivity contribution in [3.05, 3.63) is 284 Å². The molecule has 0 saturated heterocycles. The highest BCUT2D eigenvalue weighted by Gasteiger charge is 2.23. The fraction of sp³-hybridized carbons (Fsp3) is 0.0824. The smallest absolute Gasteiger partial charge is 0.258 e. The number of aryl methyl sites for hydroxylation is 5. The highest BCUT2D eigenvalue weighted by atomic mass is 19.1. The summed E-state index contributed by atoms with van der Waals surface area (Å²) in [7, 11) is 0. The number of hydrogen-bond donors (Lipinski definition) is 24. The monoisotopic (exact) mass is 1680 g/mol. The molecular formula is C85H76F6N6O24. The van der Waals surface area contributed by atoms with E-state index in [9.17, 15) is 116 Å². The minimum absolute atomic E-state index is 0. The summed E-state index contributed by atoms with van der Waals surface area (Å²) in [6.45, 7) is 9.41. The summed E-state index contributed by atoms with van der Waals surface area (Å²) in [6, 6.07) is 36.2. The maximum atomic E-state index is 13.8. The number of rotatable bonds is 12. The van der Waals surface area contributed by atoms with Gasteiger partial charge in [-0.15, -0.1) is 0 Å². The molecule has 0 aliphatic carbocycles. The summed E-state index contributed by atoms with van der Waals surface area (Å²) < 4.78 is 81.2.